The van der Waals surface area contributed by atoms with E-state index in [1.54, 1.807) is 50.2 Å². The molecule has 2 amide bonds. The van der Waals surface area contributed by atoms with Crippen molar-refractivity contribution in [3.05, 3.63) is 77.5 Å². The molecule has 0 radical (unpaired) electrons. The Balaban J connectivity index is 0.810. The number of aromatic amines is 1. The fourth-order valence-electron chi connectivity index (χ4n) is 11.3. The van der Waals surface area contributed by atoms with Crippen LogP contribution in [0.2, 0.25) is 0 Å². The first kappa shape index (κ1) is 53.9. The second-order valence-electron chi connectivity index (χ2n) is 22.3. The van der Waals surface area contributed by atoms with E-state index in [4.69, 9.17) is 19.4 Å². The SMILES string of the molecule is CN[C@@H](C)CN[C@H](C(=O)N1C[C@@H](Oc2cnc(N3CCC(CCCOc4cc5ncnc(Nc6n[nH]c(C)c6C)c5cc4S(=O)(=O)C(C)(C)C)CC3)nc2)C[C@H]1C(=O)N[C@@H]1CCCc2ccccc21)C1CCCCC1. The Hall–Kier alpha value is -5.92. The maximum absolute atomic E-state index is 14.8. The molecule has 5 N–H and O–H groups in total. The zero-order chi connectivity index (χ0) is 52.9. The Morgan fingerprint density at radius 1 is 0.933 bits per heavy atom. The average Bonchev–Trinajstić information content (AvgIpc) is 3.99. The molecule has 0 bridgehead atoms. The Morgan fingerprint density at radius 2 is 1.69 bits per heavy atom. The Labute approximate surface area is 442 Å². The van der Waals surface area contributed by atoms with E-state index in [1.165, 1.54) is 18.3 Å². The number of amides is 2. The Kier molecular flexibility index (Phi) is 16.9. The van der Waals surface area contributed by atoms with Gasteiger partial charge in [0.1, 0.15) is 34.9 Å². The summed E-state index contributed by atoms with van der Waals surface area (Å²) in [5, 5.41) is 21.4. The van der Waals surface area contributed by atoms with Crippen LogP contribution in [0.5, 0.6) is 11.5 Å². The number of ether oxygens (including phenoxy) is 2. The number of nitrogens with one attached hydrogen (secondary N) is 5. The third kappa shape index (κ3) is 12.4. The van der Waals surface area contributed by atoms with E-state index in [-0.39, 0.29) is 46.5 Å². The van der Waals surface area contributed by atoms with Crippen LogP contribution in [0.1, 0.15) is 133 Å². The van der Waals surface area contributed by atoms with Gasteiger partial charge in [-0.3, -0.25) is 14.7 Å². The summed E-state index contributed by atoms with van der Waals surface area (Å²) in [5.74, 6) is 3.00. The number of aryl methyl sites for hydroxylation is 2. The molecule has 75 heavy (non-hydrogen) atoms. The van der Waals surface area contributed by atoms with Crippen LogP contribution in [0.25, 0.3) is 10.9 Å². The van der Waals surface area contributed by atoms with Gasteiger partial charge in [0.25, 0.3) is 0 Å². The van der Waals surface area contributed by atoms with Crippen molar-refractivity contribution < 1.29 is 27.5 Å². The van der Waals surface area contributed by atoms with Crippen LogP contribution in [0.4, 0.5) is 17.6 Å². The monoisotopic (exact) mass is 1050 g/mol. The highest BCUT2D eigenvalue weighted by atomic mass is 32.2. The molecule has 2 saturated heterocycles. The molecule has 4 aliphatic rings. The van der Waals surface area contributed by atoms with Gasteiger partial charge < -0.3 is 40.5 Å². The van der Waals surface area contributed by atoms with E-state index in [1.807, 2.05) is 27.0 Å². The van der Waals surface area contributed by atoms with Crippen molar-refractivity contribution in [2.75, 3.05) is 50.1 Å². The second-order valence-corrected chi connectivity index (χ2v) is 25.0. The molecule has 9 rings (SSSR count). The number of hydrogen-bond acceptors (Lipinski definition) is 15. The number of benzene rings is 2. The van der Waals surface area contributed by atoms with Gasteiger partial charge in [0, 0.05) is 54.8 Å². The topological polar surface area (TPSA) is 222 Å². The normalized spacial score (nSPS) is 20.7. The molecule has 1 saturated carbocycles. The van der Waals surface area contributed by atoms with E-state index >= 15 is 0 Å². The number of piperidine rings is 1. The van der Waals surface area contributed by atoms with E-state index in [0.29, 0.717) is 66.3 Å². The van der Waals surface area contributed by atoms with Crippen molar-refractivity contribution in [3.63, 3.8) is 0 Å². The zero-order valence-electron chi connectivity index (χ0n) is 45.0. The van der Waals surface area contributed by atoms with Gasteiger partial charge in [-0.05, 0) is 135 Å². The average molecular weight is 1050 g/mol. The molecule has 5 aromatic rings. The van der Waals surface area contributed by atoms with Crippen LogP contribution >= 0.6 is 0 Å². The van der Waals surface area contributed by atoms with Crippen molar-refractivity contribution in [1.29, 1.82) is 0 Å². The van der Waals surface area contributed by atoms with Gasteiger partial charge in [0.15, 0.2) is 21.4 Å². The number of likely N-dealkylation sites (tertiary alicyclic amines) is 1. The highest BCUT2D eigenvalue weighted by Crippen LogP contribution is 2.38. The molecule has 2 aliphatic carbocycles. The number of carbonyl (C=O) groups excluding carboxylic acids is 2. The summed E-state index contributed by atoms with van der Waals surface area (Å²) in [6.07, 6.45) is 16.6. The number of hydrogen-bond donors (Lipinski definition) is 5. The van der Waals surface area contributed by atoms with Crippen LogP contribution in [-0.4, -0.2) is 124 Å². The van der Waals surface area contributed by atoms with E-state index < -0.39 is 26.7 Å². The molecule has 18 nitrogen and oxygen atoms in total. The number of carbonyl (C=O) groups is 2. The number of aromatic nitrogens is 6. The molecule has 0 spiro atoms. The number of likely N-dealkylation sites (N-methyl/N-ethyl adjacent to an activating group) is 1. The lowest BCUT2D eigenvalue weighted by Gasteiger charge is -2.35. The van der Waals surface area contributed by atoms with E-state index in [9.17, 15) is 18.0 Å². The van der Waals surface area contributed by atoms with Crippen molar-refractivity contribution in [3.8, 4) is 11.5 Å². The minimum atomic E-state index is -3.81. The van der Waals surface area contributed by atoms with Crippen LogP contribution in [0.15, 0.2) is 60.0 Å². The van der Waals surface area contributed by atoms with Gasteiger partial charge in [-0.1, -0.05) is 43.5 Å². The van der Waals surface area contributed by atoms with Gasteiger partial charge in [0.05, 0.1) is 47.9 Å². The molecule has 404 valence electrons. The molecule has 3 fully saturated rings. The first-order chi connectivity index (χ1) is 36.1. The van der Waals surface area contributed by atoms with Crippen molar-refractivity contribution in [2.24, 2.45) is 11.8 Å². The second kappa shape index (κ2) is 23.5. The van der Waals surface area contributed by atoms with Crippen LogP contribution < -0.4 is 35.6 Å². The first-order valence-corrected chi connectivity index (χ1v) is 28.8. The molecule has 19 heteroatoms. The molecule has 2 aromatic carbocycles. The number of fused-ring (bicyclic) bond motifs is 2. The number of anilines is 3. The summed E-state index contributed by atoms with van der Waals surface area (Å²) in [6, 6.07) is 10.7. The minimum absolute atomic E-state index is 0.0245. The van der Waals surface area contributed by atoms with Crippen LogP contribution in [0, 0.1) is 25.7 Å². The summed E-state index contributed by atoms with van der Waals surface area (Å²) in [6.45, 7) is 13.9. The summed E-state index contributed by atoms with van der Waals surface area (Å²) in [4.78, 5) is 51.8. The van der Waals surface area contributed by atoms with Crippen LogP contribution in [-0.2, 0) is 25.8 Å². The number of H-pyrrole nitrogens is 1. The lowest BCUT2D eigenvalue weighted by atomic mass is 9.83. The van der Waals surface area contributed by atoms with Gasteiger partial charge >= 0.3 is 0 Å². The van der Waals surface area contributed by atoms with E-state index in [0.717, 1.165) is 101 Å². The minimum Gasteiger partial charge on any atom is -0.492 e. The van der Waals surface area contributed by atoms with Crippen LogP contribution in [0.3, 0.4) is 0 Å². The van der Waals surface area contributed by atoms with Crippen molar-refractivity contribution in [1.82, 2.24) is 51.0 Å². The maximum atomic E-state index is 14.8. The third-order valence-electron chi connectivity index (χ3n) is 16.2. The zero-order valence-corrected chi connectivity index (χ0v) is 45.8. The van der Waals surface area contributed by atoms with Gasteiger partial charge in [-0.15, -0.1) is 0 Å². The number of sulfone groups is 1. The molecule has 3 aromatic heterocycles. The molecule has 2 aliphatic heterocycles. The fraction of sp³-hybridized carbons (Fsp3) is 0.589. The summed E-state index contributed by atoms with van der Waals surface area (Å²) >= 11 is 0. The third-order valence-corrected chi connectivity index (χ3v) is 18.7. The standard InChI is InChI=1S/C56H78N12O6S/c1-35(57-7)30-58-50(40-17-9-8-10-18-40)54(70)68-33-41(27-47(68)53(69)63-45-21-13-19-39-16-11-12-20-43(39)45)74-42-31-59-55(60-32-42)67-24-22-38(23-25-67)15-14-26-73-48-29-46-44(28-49(48)75(71,72)56(4,5)6)52(62-34-61-46)64-51-36(2)37(3)65-66-51/h11-12,16,20,28-29,31-32,34-35,38,40-41,45,47,50,57-58H,8-10,13-15,17-19,21-27,30,33H2,1-7H3,(H,63,69)(H2,61,62,64,65,66)/t35-,41-,45+,47-,50-/m0/s1. The molecular weight excluding hydrogens is 969 g/mol. The smallest absolute Gasteiger partial charge is 0.243 e. The van der Waals surface area contributed by atoms with Gasteiger partial charge in [0.2, 0.25) is 17.8 Å². The summed E-state index contributed by atoms with van der Waals surface area (Å²) in [5.41, 5.74) is 4.85. The quantitative estimate of drug-likeness (QED) is 0.0497. The lowest BCUT2D eigenvalue weighted by Crippen LogP contribution is -2.56. The lowest BCUT2D eigenvalue weighted by molar-refractivity contribution is -0.141. The van der Waals surface area contributed by atoms with Crippen molar-refractivity contribution >= 4 is 50.1 Å². The molecule has 5 heterocycles. The van der Waals surface area contributed by atoms with E-state index in [2.05, 4.69) is 71.5 Å². The Bertz CT molecular complexity index is 2880. The van der Waals surface area contributed by atoms with Gasteiger partial charge in [-0.2, -0.15) is 5.10 Å². The number of nitrogens with zero attached hydrogens (tertiary/aromatic N) is 7. The predicted octanol–water partition coefficient (Wildman–Crippen LogP) is 7.84. The molecule has 5 atom stereocenters. The fourth-order valence-corrected chi connectivity index (χ4v) is 12.6. The maximum Gasteiger partial charge on any atom is 0.243 e. The molecular formula is C56H78N12O6S. The molecule has 0 unspecified atom stereocenters. The summed E-state index contributed by atoms with van der Waals surface area (Å²) < 4.78 is 39.8. The number of rotatable bonds is 19. The Morgan fingerprint density at radius 3 is 2.41 bits per heavy atom. The highest BCUT2D eigenvalue weighted by Gasteiger charge is 2.45. The predicted molar refractivity (Wildman–Crippen MR) is 291 cm³/mol. The largest absolute Gasteiger partial charge is 0.492 e. The van der Waals surface area contributed by atoms with Crippen molar-refractivity contribution in [2.45, 2.75) is 165 Å². The summed E-state index contributed by atoms with van der Waals surface area (Å²) in [7, 11) is -1.88. The first-order valence-electron chi connectivity index (χ1n) is 27.4. The van der Waals surface area contributed by atoms with Gasteiger partial charge in [-0.25, -0.2) is 28.4 Å². The highest BCUT2D eigenvalue weighted by molar-refractivity contribution is 7.92.